The maximum Gasteiger partial charge on any atom is 0.0361 e. The van der Waals surface area contributed by atoms with Gasteiger partial charge in [-0.3, -0.25) is 0 Å². The zero-order valence-corrected chi connectivity index (χ0v) is 27.7. The average Bonchev–Trinajstić information content (AvgIpc) is 3.32. The second-order valence-corrected chi connectivity index (χ2v) is 15.4. The summed E-state index contributed by atoms with van der Waals surface area (Å²) in [6, 6.07) is 55.6. The van der Waals surface area contributed by atoms with Gasteiger partial charge in [0.15, 0.2) is 0 Å². The van der Waals surface area contributed by atoms with Crippen LogP contribution in [0.5, 0.6) is 0 Å². The molecule has 1 aromatic heterocycles. The molecule has 1 fully saturated rings. The van der Waals surface area contributed by atoms with Crippen LogP contribution >= 0.6 is 11.3 Å². The highest BCUT2D eigenvalue weighted by Gasteiger charge is 2.37. The Morgan fingerprint density at radius 1 is 0.388 bits per heavy atom. The first-order valence-corrected chi connectivity index (χ1v) is 18.4. The maximum atomic E-state index is 2.51. The summed E-state index contributed by atoms with van der Waals surface area (Å²) in [5.41, 5.74) is 8.42. The van der Waals surface area contributed by atoms with E-state index in [0.29, 0.717) is 11.8 Å². The molecule has 2 bridgehead atoms. The predicted octanol–water partition coefficient (Wildman–Crippen LogP) is 14.1. The Balaban J connectivity index is 1.19. The van der Waals surface area contributed by atoms with E-state index in [9.17, 15) is 0 Å². The SMILES string of the molecule is c1ccc2cc3c(cc2c1)sc1ccc(-c2c4ccccc4c(-c4cc5cccc6c5c5c(cccc45)C4CC6C4)c4ccccc24)cc13. The Kier molecular flexibility index (Phi) is 5.16. The van der Waals surface area contributed by atoms with Crippen LogP contribution in [-0.2, 0) is 0 Å². The molecule has 9 aromatic carbocycles. The quantitative estimate of drug-likeness (QED) is 0.131. The van der Waals surface area contributed by atoms with Crippen molar-refractivity contribution in [2.45, 2.75) is 24.7 Å². The molecule has 0 radical (unpaired) electrons. The van der Waals surface area contributed by atoms with Crippen molar-refractivity contribution in [1.82, 2.24) is 0 Å². The first-order valence-electron chi connectivity index (χ1n) is 17.6. The van der Waals surface area contributed by atoms with Gasteiger partial charge >= 0.3 is 0 Å². The summed E-state index contributed by atoms with van der Waals surface area (Å²) < 4.78 is 2.69. The maximum absolute atomic E-state index is 2.51. The van der Waals surface area contributed by atoms with Crippen molar-refractivity contribution in [2.75, 3.05) is 0 Å². The summed E-state index contributed by atoms with van der Waals surface area (Å²) in [6.45, 7) is 0. The van der Waals surface area contributed by atoms with Crippen LogP contribution in [0.25, 0.3) is 96.3 Å². The lowest BCUT2D eigenvalue weighted by molar-refractivity contribution is 0.358. The number of rotatable bonds is 2. The van der Waals surface area contributed by atoms with Crippen LogP contribution in [0, 0.1) is 0 Å². The molecule has 1 saturated carbocycles. The van der Waals surface area contributed by atoms with E-state index in [0.717, 1.165) is 0 Å². The van der Waals surface area contributed by atoms with Crippen LogP contribution in [0.1, 0.15) is 35.8 Å². The molecule has 0 aliphatic heterocycles. The van der Waals surface area contributed by atoms with Gasteiger partial charge in [0.05, 0.1) is 0 Å². The molecule has 0 unspecified atom stereocenters. The third kappa shape index (κ3) is 3.53. The Morgan fingerprint density at radius 3 is 1.69 bits per heavy atom. The summed E-state index contributed by atoms with van der Waals surface area (Å²) in [5.74, 6) is 1.35. The summed E-state index contributed by atoms with van der Waals surface area (Å²) in [5, 5.41) is 16.3. The highest BCUT2D eigenvalue weighted by Crippen LogP contribution is 2.57. The molecule has 0 spiro atoms. The van der Waals surface area contributed by atoms with Gasteiger partial charge < -0.3 is 0 Å². The Morgan fingerprint density at radius 2 is 0.959 bits per heavy atom. The molecule has 49 heavy (non-hydrogen) atoms. The lowest BCUT2D eigenvalue weighted by Gasteiger charge is -2.34. The molecule has 0 amide bonds. The molecule has 0 saturated heterocycles. The van der Waals surface area contributed by atoms with Crippen LogP contribution in [0.4, 0.5) is 0 Å². The fourth-order valence-electron chi connectivity index (χ4n) is 9.66. The van der Waals surface area contributed by atoms with E-state index in [1.165, 1.54) is 109 Å². The average molecular weight is 639 g/mol. The van der Waals surface area contributed by atoms with E-state index in [1.54, 1.807) is 11.1 Å². The highest BCUT2D eigenvalue weighted by molar-refractivity contribution is 7.25. The van der Waals surface area contributed by atoms with Crippen LogP contribution in [0.15, 0.2) is 146 Å². The van der Waals surface area contributed by atoms with E-state index >= 15 is 0 Å². The predicted molar refractivity (Wildman–Crippen MR) is 212 cm³/mol. The van der Waals surface area contributed by atoms with E-state index in [-0.39, 0.29) is 0 Å². The van der Waals surface area contributed by atoms with Crippen LogP contribution in [0.3, 0.4) is 0 Å². The van der Waals surface area contributed by atoms with Crippen LogP contribution in [-0.4, -0.2) is 0 Å². The largest absolute Gasteiger partial charge is 0.135 e. The minimum Gasteiger partial charge on any atom is -0.135 e. The first-order chi connectivity index (χ1) is 24.3. The molecule has 0 nitrogen and oxygen atoms in total. The lowest BCUT2D eigenvalue weighted by atomic mass is 9.70. The third-order valence-electron chi connectivity index (χ3n) is 11.9. The number of fused-ring (bicyclic) bond motifs is 6. The van der Waals surface area contributed by atoms with Gasteiger partial charge in [0.1, 0.15) is 0 Å². The molecule has 3 aliphatic carbocycles. The topological polar surface area (TPSA) is 0 Å². The van der Waals surface area contributed by atoms with E-state index in [1.807, 2.05) is 11.3 Å². The number of thiophene rings is 1. The lowest BCUT2D eigenvalue weighted by Crippen LogP contribution is -2.18. The summed E-state index contributed by atoms with van der Waals surface area (Å²) in [7, 11) is 0. The van der Waals surface area contributed by atoms with Crippen LogP contribution in [0.2, 0.25) is 0 Å². The third-order valence-corrected chi connectivity index (χ3v) is 13.0. The van der Waals surface area contributed by atoms with Gasteiger partial charge in [0.2, 0.25) is 0 Å². The molecule has 0 atom stereocenters. The van der Waals surface area contributed by atoms with Gasteiger partial charge in [-0.1, -0.05) is 115 Å². The molecular formula is C48H30S. The fourth-order valence-corrected chi connectivity index (χ4v) is 10.8. The Hall–Kier alpha value is -5.50. The number of benzene rings is 9. The fraction of sp³-hybridized carbons (Fsp3) is 0.0833. The van der Waals surface area contributed by atoms with Crippen molar-refractivity contribution in [3.63, 3.8) is 0 Å². The molecule has 1 heteroatoms. The molecule has 13 rings (SSSR count). The second kappa shape index (κ2) is 9.56. The molecule has 0 N–H and O–H groups in total. The van der Waals surface area contributed by atoms with Crippen molar-refractivity contribution >= 4 is 85.4 Å². The standard InChI is InChI=1S/C48H30S/c1-2-10-28-26-44-41(23-27(28)9-1)40-24-30(19-20-43(40)49-44)45-35-12-3-5-14-37(35)47(38-15-6-4-13-36(38)45)42-25-29-11-7-16-33-31-21-32(22-31)34-17-8-18-39(42)48(34)46(29)33/h1-20,23-26,31-32H,21-22H2. The molecule has 1 heterocycles. The van der Waals surface area contributed by atoms with E-state index in [2.05, 4.69) is 146 Å². The van der Waals surface area contributed by atoms with Crippen molar-refractivity contribution < 1.29 is 0 Å². The molecule has 3 aliphatic rings. The highest BCUT2D eigenvalue weighted by atomic mass is 32.1. The zero-order chi connectivity index (χ0) is 31.8. The van der Waals surface area contributed by atoms with Gasteiger partial charge in [-0.05, 0) is 142 Å². The van der Waals surface area contributed by atoms with Crippen LogP contribution < -0.4 is 0 Å². The molecular weight excluding hydrogens is 609 g/mol. The van der Waals surface area contributed by atoms with Crippen molar-refractivity contribution in [3.05, 3.63) is 157 Å². The smallest absolute Gasteiger partial charge is 0.0361 e. The number of hydrogen-bond acceptors (Lipinski definition) is 1. The van der Waals surface area contributed by atoms with Gasteiger partial charge in [-0.25, -0.2) is 0 Å². The van der Waals surface area contributed by atoms with Gasteiger partial charge in [-0.2, -0.15) is 0 Å². The summed E-state index contributed by atoms with van der Waals surface area (Å²) in [4.78, 5) is 0. The Labute approximate surface area is 287 Å². The van der Waals surface area contributed by atoms with Crippen molar-refractivity contribution in [1.29, 1.82) is 0 Å². The Bertz CT molecular complexity index is 3000. The van der Waals surface area contributed by atoms with Crippen molar-refractivity contribution in [3.8, 4) is 22.3 Å². The monoisotopic (exact) mass is 638 g/mol. The summed E-state index contributed by atoms with van der Waals surface area (Å²) >= 11 is 1.90. The van der Waals surface area contributed by atoms with Crippen molar-refractivity contribution in [2.24, 2.45) is 0 Å². The van der Waals surface area contributed by atoms with Gasteiger partial charge in [0, 0.05) is 20.2 Å². The van der Waals surface area contributed by atoms with E-state index < -0.39 is 0 Å². The summed E-state index contributed by atoms with van der Waals surface area (Å²) in [6.07, 6.45) is 2.56. The minimum absolute atomic E-state index is 0.663. The number of hydrogen-bond donors (Lipinski definition) is 0. The zero-order valence-electron chi connectivity index (χ0n) is 26.8. The minimum atomic E-state index is 0.663. The van der Waals surface area contributed by atoms with Gasteiger partial charge in [-0.15, -0.1) is 11.3 Å². The first kappa shape index (κ1) is 26.5. The van der Waals surface area contributed by atoms with Gasteiger partial charge in [0.25, 0.3) is 0 Å². The second-order valence-electron chi connectivity index (χ2n) is 14.4. The van der Waals surface area contributed by atoms with E-state index in [4.69, 9.17) is 0 Å². The normalized spacial score (nSPS) is 16.8. The molecule has 10 aromatic rings. The molecule has 228 valence electrons.